The van der Waals surface area contributed by atoms with Gasteiger partial charge in [-0.2, -0.15) is 0 Å². The van der Waals surface area contributed by atoms with Crippen LogP contribution in [0, 0.1) is 0 Å². The molecule has 68 heavy (non-hydrogen) atoms. The maximum absolute atomic E-state index is 12.0. The van der Waals surface area contributed by atoms with Gasteiger partial charge in [0.05, 0.1) is 13.2 Å². The van der Waals surface area contributed by atoms with Crippen molar-refractivity contribution in [3.63, 3.8) is 0 Å². The third-order valence-corrected chi connectivity index (χ3v) is 14.6. The van der Waals surface area contributed by atoms with Crippen molar-refractivity contribution in [2.45, 2.75) is 361 Å². The number of carbonyl (C=O) groups excluding carboxylic acids is 2. The zero-order valence-electron chi connectivity index (χ0n) is 46.6. The summed E-state index contributed by atoms with van der Waals surface area (Å²) in [6.45, 7) is 6.93. The number of amides is 2. The molecule has 0 rings (SSSR count). The minimum absolute atomic E-state index is 0.287. The number of carbonyl (C=O) groups is 2. The molecule has 0 heterocycles. The fourth-order valence-corrected chi connectivity index (χ4v) is 9.90. The van der Waals surface area contributed by atoms with E-state index in [2.05, 4.69) is 24.5 Å². The number of nitrogens with one attached hydrogen (secondary N) is 2. The van der Waals surface area contributed by atoms with E-state index in [1.807, 2.05) is 0 Å². The number of ether oxygens (including phenoxy) is 2. The third kappa shape index (κ3) is 60.7. The molecule has 0 aromatic heterocycles. The van der Waals surface area contributed by atoms with Crippen LogP contribution in [-0.2, 0) is 9.47 Å². The minimum atomic E-state index is -0.287. The van der Waals surface area contributed by atoms with Gasteiger partial charge in [-0.3, -0.25) is 0 Å². The Morgan fingerprint density at radius 2 is 0.368 bits per heavy atom. The molecule has 0 aliphatic rings. The molecule has 0 aromatic carbocycles. The van der Waals surface area contributed by atoms with Crippen LogP contribution in [0.1, 0.15) is 361 Å². The average molecular weight is 962 g/mol. The first-order valence-electron chi connectivity index (χ1n) is 31.5. The van der Waals surface area contributed by atoms with E-state index in [-0.39, 0.29) is 12.2 Å². The van der Waals surface area contributed by atoms with Crippen LogP contribution in [0.25, 0.3) is 0 Å². The van der Waals surface area contributed by atoms with Gasteiger partial charge >= 0.3 is 12.2 Å². The zero-order valence-corrected chi connectivity index (χ0v) is 46.6. The summed E-state index contributed by atoms with van der Waals surface area (Å²) >= 11 is 0. The van der Waals surface area contributed by atoms with Crippen LogP contribution in [0.2, 0.25) is 0 Å². The van der Waals surface area contributed by atoms with Crippen molar-refractivity contribution < 1.29 is 19.1 Å². The van der Waals surface area contributed by atoms with E-state index in [4.69, 9.17) is 9.47 Å². The van der Waals surface area contributed by atoms with E-state index >= 15 is 0 Å². The monoisotopic (exact) mass is 961 g/mol. The standard InChI is InChI=1S/C62H124N2O4/c1-3-5-7-9-11-13-15-17-19-21-23-25-27-29-31-33-35-37-39-41-43-45-47-51-55-59-67-61(65)63-57-53-49-50-54-58-64-62(66)68-60-56-52-48-46-44-42-40-38-36-34-32-30-28-26-24-22-20-18-16-14-12-10-8-6-4-2/h3-60H2,1-2H3,(H,63,65)(H,64,66). The number of rotatable bonds is 59. The molecule has 0 bridgehead atoms. The Kier molecular flexibility index (Phi) is 60.3. The van der Waals surface area contributed by atoms with Gasteiger partial charge in [-0.1, -0.05) is 335 Å². The first-order valence-corrected chi connectivity index (χ1v) is 31.5. The second-order valence-corrected chi connectivity index (χ2v) is 21.5. The molecular formula is C62H124N2O4. The van der Waals surface area contributed by atoms with Crippen LogP contribution in [0.4, 0.5) is 9.59 Å². The van der Waals surface area contributed by atoms with Gasteiger partial charge in [0, 0.05) is 13.1 Å². The number of alkyl carbamates (subject to hydrolysis) is 2. The van der Waals surface area contributed by atoms with Crippen LogP contribution in [0.5, 0.6) is 0 Å². The Hall–Kier alpha value is -1.46. The summed E-state index contributed by atoms with van der Waals surface area (Å²) in [6, 6.07) is 0. The summed E-state index contributed by atoms with van der Waals surface area (Å²) in [5.74, 6) is 0. The maximum atomic E-state index is 12.0. The van der Waals surface area contributed by atoms with Crippen LogP contribution in [0.3, 0.4) is 0 Å². The third-order valence-electron chi connectivity index (χ3n) is 14.6. The topological polar surface area (TPSA) is 76.7 Å². The first-order chi connectivity index (χ1) is 33.7. The van der Waals surface area contributed by atoms with Gasteiger partial charge < -0.3 is 20.1 Å². The van der Waals surface area contributed by atoms with Gasteiger partial charge in [0.15, 0.2) is 0 Å². The van der Waals surface area contributed by atoms with Crippen LogP contribution >= 0.6 is 0 Å². The molecule has 0 aromatic rings. The predicted octanol–water partition coefficient (Wildman–Crippen LogP) is 21.5. The SMILES string of the molecule is CCCCCCCCCCCCCCCCCCCCCCCCCCCOC(=O)NCCCCCCNC(=O)OCCCCCCCCCCCCCCCCCCCCCCCCCCC. The molecule has 406 valence electrons. The molecule has 0 aliphatic carbocycles. The molecule has 2 amide bonds. The smallest absolute Gasteiger partial charge is 0.407 e. The summed E-state index contributed by atoms with van der Waals surface area (Å²) in [7, 11) is 0. The second-order valence-electron chi connectivity index (χ2n) is 21.5. The van der Waals surface area contributed by atoms with E-state index in [0.29, 0.717) is 26.3 Å². The minimum Gasteiger partial charge on any atom is -0.450 e. The van der Waals surface area contributed by atoms with Crippen molar-refractivity contribution in [1.29, 1.82) is 0 Å². The number of hydrogen-bond donors (Lipinski definition) is 2. The summed E-state index contributed by atoms with van der Waals surface area (Å²) in [4.78, 5) is 24.0. The Morgan fingerprint density at radius 1 is 0.221 bits per heavy atom. The molecule has 0 saturated heterocycles. The molecule has 0 fully saturated rings. The van der Waals surface area contributed by atoms with E-state index in [0.717, 1.165) is 51.4 Å². The normalized spacial score (nSPS) is 11.4. The lowest BCUT2D eigenvalue weighted by atomic mass is 10.0. The Morgan fingerprint density at radius 3 is 0.544 bits per heavy atom. The van der Waals surface area contributed by atoms with Gasteiger partial charge in [-0.05, 0) is 25.7 Å². The molecular weight excluding hydrogens is 837 g/mol. The largest absolute Gasteiger partial charge is 0.450 e. The number of unbranched alkanes of at least 4 members (excludes halogenated alkanes) is 51. The van der Waals surface area contributed by atoms with Gasteiger partial charge in [0.1, 0.15) is 0 Å². The first kappa shape index (κ1) is 66.5. The summed E-state index contributed by atoms with van der Waals surface area (Å²) < 4.78 is 10.7. The van der Waals surface area contributed by atoms with Crippen molar-refractivity contribution in [2.24, 2.45) is 0 Å². The molecule has 6 heteroatoms. The molecule has 2 N–H and O–H groups in total. The lowest BCUT2D eigenvalue weighted by Crippen LogP contribution is -2.26. The van der Waals surface area contributed by atoms with Gasteiger partial charge in [-0.25, -0.2) is 9.59 Å². The van der Waals surface area contributed by atoms with Gasteiger partial charge in [0.25, 0.3) is 0 Å². The van der Waals surface area contributed by atoms with Gasteiger partial charge in [0.2, 0.25) is 0 Å². The molecule has 0 aliphatic heterocycles. The van der Waals surface area contributed by atoms with Crippen molar-refractivity contribution in [2.75, 3.05) is 26.3 Å². The lowest BCUT2D eigenvalue weighted by Gasteiger charge is -2.08. The fraction of sp³-hybridized carbons (Fsp3) is 0.968. The highest BCUT2D eigenvalue weighted by molar-refractivity contribution is 5.67. The van der Waals surface area contributed by atoms with Crippen LogP contribution in [-0.4, -0.2) is 38.5 Å². The molecule has 0 atom stereocenters. The summed E-state index contributed by atoms with van der Waals surface area (Å²) in [6.07, 6.45) is 72.9. The highest BCUT2D eigenvalue weighted by Crippen LogP contribution is 2.18. The van der Waals surface area contributed by atoms with Gasteiger partial charge in [-0.15, -0.1) is 0 Å². The van der Waals surface area contributed by atoms with Crippen molar-refractivity contribution in [1.82, 2.24) is 10.6 Å². The van der Waals surface area contributed by atoms with E-state index in [1.165, 1.54) is 295 Å². The quantitative estimate of drug-likeness (QED) is 0.0596. The van der Waals surface area contributed by atoms with Crippen molar-refractivity contribution in [3.8, 4) is 0 Å². The Balaban J connectivity index is 3.21. The van der Waals surface area contributed by atoms with E-state index in [1.54, 1.807) is 0 Å². The Labute approximate surface area is 427 Å². The lowest BCUT2D eigenvalue weighted by molar-refractivity contribution is 0.142. The fourth-order valence-electron chi connectivity index (χ4n) is 9.90. The Bertz CT molecular complexity index is 872. The molecule has 0 radical (unpaired) electrons. The molecule has 0 unspecified atom stereocenters. The second kappa shape index (κ2) is 61.7. The highest BCUT2D eigenvalue weighted by Gasteiger charge is 2.04. The molecule has 0 spiro atoms. The average Bonchev–Trinajstić information content (AvgIpc) is 3.34. The predicted molar refractivity (Wildman–Crippen MR) is 299 cm³/mol. The van der Waals surface area contributed by atoms with Crippen molar-refractivity contribution in [3.05, 3.63) is 0 Å². The van der Waals surface area contributed by atoms with Crippen LogP contribution in [0.15, 0.2) is 0 Å². The van der Waals surface area contributed by atoms with E-state index in [9.17, 15) is 9.59 Å². The number of hydrogen-bond acceptors (Lipinski definition) is 4. The summed E-state index contributed by atoms with van der Waals surface area (Å²) in [5, 5.41) is 5.77. The van der Waals surface area contributed by atoms with Crippen LogP contribution < -0.4 is 10.6 Å². The molecule has 6 nitrogen and oxygen atoms in total. The van der Waals surface area contributed by atoms with E-state index < -0.39 is 0 Å². The zero-order chi connectivity index (χ0) is 49.0. The summed E-state index contributed by atoms with van der Waals surface area (Å²) in [5.41, 5.74) is 0. The maximum Gasteiger partial charge on any atom is 0.407 e. The van der Waals surface area contributed by atoms with Crippen molar-refractivity contribution >= 4 is 12.2 Å². The highest BCUT2D eigenvalue weighted by atomic mass is 16.6. The molecule has 0 saturated carbocycles.